The molecule has 12 aromatic carbocycles. The Morgan fingerprint density at radius 3 is 1.00 bits per heavy atom. The number of hydrogen-bond acceptors (Lipinski definition) is 0. The van der Waals surface area contributed by atoms with E-state index in [1.54, 1.807) is 0 Å². The Morgan fingerprint density at radius 1 is 0.145 bits per heavy atom. The average molecular weight is 785 g/mol. The van der Waals surface area contributed by atoms with E-state index < -0.39 is 0 Å². The minimum Gasteiger partial charge on any atom is -0.0622 e. The molecule has 0 amide bonds. The first-order valence-electron chi connectivity index (χ1n) is 21.5. The average Bonchev–Trinajstić information content (AvgIpc) is 3.35. The number of benzene rings is 12. The van der Waals surface area contributed by atoms with Gasteiger partial charge in [0.2, 0.25) is 0 Å². The van der Waals surface area contributed by atoms with Crippen LogP contribution in [0.25, 0.3) is 121 Å². The standard InChI is InChI=1S/C62H40/c1-2-11-41(12-3-1)52-35-53(40-56(39-52)60-20-10-16-44-13-4-7-17-57(44)60)43-23-21-42(22-24-43)51-36-54(47-29-31-61-49(33-47)27-25-45-14-5-8-18-58(45)61)38-55(37-51)48-30-32-62-50(34-48)28-26-46-15-6-9-19-59(46)62/h1-40H. The summed E-state index contributed by atoms with van der Waals surface area (Å²) in [5, 5.41) is 12.7. The van der Waals surface area contributed by atoms with Gasteiger partial charge in [-0.25, -0.2) is 0 Å². The highest BCUT2D eigenvalue weighted by atomic mass is 14.2. The maximum absolute atomic E-state index is 2.37. The summed E-state index contributed by atoms with van der Waals surface area (Å²) in [6.07, 6.45) is 0. The molecule has 0 nitrogen and oxygen atoms in total. The second-order valence-electron chi connectivity index (χ2n) is 16.5. The zero-order chi connectivity index (χ0) is 41.0. The van der Waals surface area contributed by atoms with Crippen molar-refractivity contribution in [1.29, 1.82) is 0 Å². The first kappa shape index (κ1) is 35.8. The van der Waals surface area contributed by atoms with E-state index in [9.17, 15) is 0 Å². The molecule has 0 radical (unpaired) electrons. The molecular weight excluding hydrogens is 745 g/mol. The molecular formula is C62H40. The highest BCUT2D eigenvalue weighted by molar-refractivity contribution is 6.10. The smallest absolute Gasteiger partial charge is 0.0105 e. The van der Waals surface area contributed by atoms with Crippen LogP contribution in [-0.4, -0.2) is 0 Å². The van der Waals surface area contributed by atoms with E-state index in [2.05, 4.69) is 243 Å². The summed E-state index contributed by atoms with van der Waals surface area (Å²) in [6, 6.07) is 89.6. The Hall–Kier alpha value is -8.06. The minimum atomic E-state index is 1.18. The molecule has 0 bridgehead atoms. The van der Waals surface area contributed by atoms with Crippen molar-refractivity contribution in [3.05, 3.63) is 243 Å². The second-order valence-corrected chi connectivity index (χ2v) is 16.5. The summed E-state index contributed by atoms with van der Waals surface area (Å²) in [6.45, 7) is 0. The summed E-state index contributed by atoms with van der Waals surface area (Å²) in [4.78, 5) is 0. The quantitative estimate of drug-likeness (QED) is 0.147. The van der Waals surface area contributed by atoms with Gasteiger partial charge in [0.1, 0.15) is 0 Å². The largest absolute Gasteiger partial charge is 0.0622 e. The second kappa shape index (κ2) is 14.9. The monoisotopic (exact) mass is 784 g/mol. The Bertz CT molecular complexity index is 3530. The summed E-state index contributed by atoms with van der Waals surface area (Å²) >= 11 is 0. The van der Waals surface area contributed by atoms with Crippen molar-refractivity contribution in [2.75, 3.05) is 0 Å². The van der Waals surface area contributed by atoms with E-state index >= 15 is 0 Å². The van der Waals surface area contributed by atoms with Crippen molar-refractivity contribution in [2.45, 2.75) is 0 Å². The van der Waals surface area contributed by atoms with Gasteiger partial charge in [-0.15, -0.1) is 0 Å². The van der Waals surface area contributed by atoms with Gasteiger partial charge < -0.3 is 0 Å². The molecule has 0 aromatic heterocycles. The lowest BCUT2D eigenvalue weighted by Gasteiger charge is -2.15. The highest BCUT2D eigenvalue weighted by Gasteiger charge is 2.13. The molecule has 0 saturated carbocycles. The van der Waals surface area contributed by atoms with E-state index in [0.29, 0.717) is 0 Å². The SMILES string of the molecule is c1ccc(-c2cc(-c3ccc(-c4cc(-c5ccc6c(ccc7ccccc76)c5)cc(-c5ccc6c(ccc7ccccc76)c5)c4)cc3)cc(-c3cccc4ccccc34)c2)cc1. The molecule has 0 spiro atoms. The molecule has 0 unspecified atom stereocenters. The molecule has 0 heteroatoms. The molecule has 0 atom stereocenters. The van der Waals surface area contributed by atoms with Crippen molar-refractivity contribution in [2.24, 2.45) is 0 Å². The summed E-state index contributed by atoms with van der Waals surface area (Å²) in [5.74, 6) is 0. The van der Waals surface area contributed by atoms with Crippen LogP contribution >= 0.6 is 0 Å². The van der Waals surface area contributed by atoms with Crippen LogP contribution in [0.3, 0.4) is 0 Å². The maximum Gasteiger partial charge on any atom is -0.0105 e. The molecule has 12 rings (SSSR count). The Morgan fingerprint density at radius 2 is 0.484 bits per heavy atom. The van der Waals surface area contributed by atoms with Crippen LogP contribution in [0.2, 0.25) is 0 Å². The lowest BCUT2D eigenvalue weighted by molar-refractivity contribution is 1.56. The van der Waals surface area contributed by atoms with Gasteiger partial charge in [-0.2, -0.15) is 0 Å². The third-order valence-corrected chi connectivity index (χ3v) is 12.8. The van der Waals surface area contributed by atoms with Gasteiger partial charge >= 0.3 is 0 Å². The molecule has 12 aromatic rings. The van der Waals surface area contributed by atoms with Gasteiger partial charge in [-0.05, 0) is 169 Å². The molecule has 0 aliphatic heterocycles. The van der Waals surface area contributed by atoms with E-state index in [4.69, 9.17) is 0 Å². The lowest BCUT2D eigenvalue weighted by Crippen LogP contribution is -1.89. The van der Waals surface area contributed by atoms with Crippen LogP contribution in [0.5, 0.6) is 0 Å². The number of hydrogen-bond donors (Lipinski definition) is 0. The van der Waals surface area contributed by atoms with E-state index in [1.165, 1.54) is 121 Å². The van der Waals surface area contributed by atoms with E-state index in [1.807, 2.05) is 0 Å². The van der Waals surface area contributed by atoms with Crippen LogP contribution < -0.4 is 0 Å². The Labute approximate surface area is 361 Å². The molecule has 288 valence electrons. The summed E-state index contributed by atoms with van der Waals surface area (Å²) < 4.78 is 0. The molecule has 0 saturated heterocycles. The highest BCUT2D eigenvalue weighted by Crippen LogP contribution is 2.40. The lowest BCUT2D eigenvalue weighted by atomic mass is 9.89. The predicted octanol–water partition coefficient (Wildman–Crippen LogP) is 17.5. The fourth-order valence-corrected chi connectivity index (χ4v) is 9.59. The topological polar surface area (TPSA) is 0 Å². The molecule has 0 N–H and O–H groups in total. The maximum atomic E-state index is 2.37. The third kappa shape index (κ3) is 6.42. The predicted molar refractivity (Wildman–Crippen MR) is 267 cm³/mol. The van der Waals surface area contributed by atoms with Crippen molar-refractivity contribution >= 4 is 53.9 Å². The zero-order valence-corrected chi connectivity index (χ0v) is 34.1. The van der Waals surface area contributed by atoms with Gasteiger partial charge in [0.05, 0.1) is 0 Å². The van der Waals surface area contributed by atoms with E-state index in [0.717, 1.165) is 0 Å². The van der Waals surface area contributed by atoms with Crippen LogP contribution in [0.1, 0.15) is 0 Å². The van der Waals surface area contributed by atoms with Gasteiger partial charge in [0.15, 0.2) is 0 Å². The van der Waals surface area contributed by atoms with Crippen molar-refractivity contribution in [3.8, 4) is 66.8 Å². The van der Waals surface area contributed by atoms with Crippen molar-refractivity contribution in [3.63, 3.8) is 0 Å². The van der Waals surface area contributed by atoms with E-state index in [-0.39, 0.29) is 0 Å². The van der Waals surface area contributed by atoms with Crippen molar-refractivity contribution < 1.29 is 0 Å². The van der Waals surface area contributed by atoms with Gasteiger partial charge in [-0.1, -0.05) is 194 Å². The zero-order valence-electron chi connectivity index (χ0n) is 34.1. The normalized spacial score (nSPS) is 11.5. The minimum absolute atomic E-state index is 1.18. The van der Waals surface area contributed by atoms with Crippen LogP contribution in [0, 0.1) is 0 Å². The fourth-order valence-electron chi connectivity index (χ4n) is 9.59. The van der Waals surface area contributed by atoms with Crippen LogP contribution in [-0.2, 0) is 0 Å². The summed E-state index contributed by atoms with van der Waals surface area (Å²) in [7, 11) is 0. The Balaban J connectivity index is 0.988. The fraction of sp³-hybridized carbons (Fsp3) is 0. The molecule has 0 heterocycles. The van der Waals surface area contributed by atoms with Crippen LogP contribution in [0.15, 0.2) is 243 Å². The van der Waals surface area contributed by atoms with Crippen LogP contribution in [0.4, 0.5) is 0 Å². The van der Waals surface area contributed by atoms with Gasteiger partial charge in [0.25, 0.3) is 0 Å². The number of rotatable bonds is 6. The first-order valence-corrected chi connectivity index (χ1v) is 21.5. The molecule has 0 aliphatic carbocycles. The summed E-state index contributed by atoms with van der Waals surface area (Å²) in [5.41, 5.74) is 14.4. The number of fused-ring (bicyclic) bond motifs is 7. The Kier molecular flexibility index (Phi) is 8.61. The molecule has 0 aliphatic rings. The van der Waals surface area contributed by atoms with Crippen molar-refractivity contribution in [1.82, 2.24) is 0 Å². The first-order chi connectivity index (χ1) is 30.7. The molecule has 0 fully saturated rings. The van der Waals surface area contributed by atoms with Gasteiger partial charge in [-0.3, -0.25) is 0 Å². The van der Waals surface area contributed by atoms with Gasteiger partial charge in [0, 0.05) is 0 Å². The molecule has 62 heavy (non-hydrogen) atoms. The third-order valence-electron chi connectivity index (χ3n) is 12.8.